The molecule has 6 nitrogen and oxygen atoms in total. The van der Waals surface area contributed by atoms with E-state index in [4.69, 9.17) is 0 Å². The lowest BCUT2D eigenvalue weighted by molar-refractivity contribution is -0.136. The monoisotopic (exact) mass is 539 g/mol. The molecule has 0 radical (unpaired) electrons. The second-order valence-electron chi connectivity index (χ2n) is 12.8. The van der Waals surface area contributed by atoms with Crippen LogP contribution in [0.25, 0.3) is 0 Å². The van der Waals surface area contributed by atoms with Crippen LogP contribution >= 0.6 is 11.8 Å². The van der Waals surface area contributed by atoms with Gasteiger partial charge in [0, 0.05) is 29.5 Å². The molecular formula is C31H45N3O3S. The van der Waals surface area contributed by atoms with E-state index in [0.29, 0.717) is 35.4 Å². The number of imide groups is 1. The molecule has 1 saturated heterocycles. The largest absolute Gasteiger partial charge is 0.322 e. The minimum atomic E-state index is -0.552. The molecule has 2 N–H and O–H groups in total. The Hall–Kier alpha value is -1.86. The third kappa shape index (κ3) is 5.17. The predicted octanol–water partition coefficient (Wildman–Crippen LogP) is 5.68. The number of thioether (sulfide) groups is 1. The maximum Gasteiger partial charge on any atom is 0.255 e. The quantitative estimate of drug-likeness (QED) is 0.203. The van der Waals surface area contributed by atoms with Crippen molar-refractivity contribution in [2.75, 3.05) is 12.3 Å². The Kier molecular flexibility index (Phi) is 8.25. The van der Waals surface area contributed by atoms with Crippen molar-refractivity contribution in [2.24, 2.45) is 16.7 Å². The summed E-state index contributed by atoms with van der Waals surface area (Å²) in [4.78, 5) is 39.6. The van der Waals surface area contributed by atoms with E-state index in [1.807, 2.05) is 23.9 Å². The molecule has 2 heterocycles. The number of carbonyl (C=O) groups excluding carboxylic acids is 3. The fourth-order valence-electron chi connectivity index (χ4n) is 7.60. The van der Waals surface area contributed by atoms with Crippen LogP contribution in [0.3, 0.4) is 0 Å². The Bertz CT molecular complexity index is 1070. The van der Waals surface area contributed by atoms with Crippen molar-refractivity contribution >= 4 is 29.5 Å². The molecule has 3 fully saturated rings. The molecule has 4 aliphatic rings. The zero-order chi connectivity index (χ0) is 26.9. The first-order valence-electron chi connectivity index (χ1n) is 14.8. The highest BCUT2D eigenvalue weighted by Gasteiger charge is 2.60. The first kappa shape index (κ1) is 27.7. The van der Waals surface area contributed by atoms with E-state index in [2.05, 4.69) is 37.5 Å². The molecule has 1 unspecified atom stereocenters. The lowest BCUT2D eigenvalue weighted by atomic mass is 9.69. The van der Waals surface area contributed by atoms with E-state index in [0.717, 1.165) is 28.7 Å². The van der Waals surface area contributed by atoms with E-state index >= 15 is 0 Å². The summed E-state index contributed by atoms with van der Waals surface area (Å²) in [5.41, 5.74) is 2.71. The molecule has 0 aromatic heterocycles. The Labute approximate surface area is 232 Å². The van der Waals surface area contributed by atoms with Crippen molar-refractivity contribution in [1.29, 1.82) is 0 Å². The van der Waals surface area contributed by atoms with Crippen LogP contribution in [0.5, 0.6) is 0 Å². The van der Waals surface area contributed by atoms with Crippen LogP contribution < -0.4 is 10.6 Å². The average Bonchev–Trinajstić information content (AvgIpc) is 3.40. The number of unbranched alkanes of at least 4 members (excludes halogenated alkanes) is 5. The molecule has 2 saturated carbocycles. The summed E-state index contributed by atoms with van der Waals surface area (Å²) in [6, 6.07) is 6.05. The van der Waals surface area contributed by atoms with Gasteiger partial charge in [-0.25, -0.2) is 0 Å². The van der Waals surface area contributed by atoms with Gasteiger partial charge < -0.3 is 10.2 Å². The van der Waals surface area contributed by atoms with Crippen molar-refractivity contribution in [2.45, 2.75) is 115 Å². The number of carbonyl (C=O) groups is 3. The lowest BCUT2D eigenvalue weighted by Gasteiger charge is -2.39. The van der Waals surface area contributed by atoms with Gasteiger partial charge in [0.15, 0.2) is 0 Å². The number of fused-ring (bicyclic) bond motifs is 3. The van der Waals surface area contributed by atoms with Gasteiger partial charge in [0.05, 0.1) is 0 Å². The molecule has 38 heavy (non-hydrogen) atoms. The van der Waals surface area contributed by atoms with Gasteiger partial charge in [0.25, 0.3) is 5.91 Å². The molecule has 7 heteroatoms. The van der Waals surface area contributed by atoms with Gasteiger partial charge in [-0.2, -0.15) is 0 Å². The molecule has 2 bridgehead atoms. The van der Waals surface area contributed by atoms with Crippen molar-refractivity contribution < 1.29 is 14.4 Å². The first-order valence-corrected chi connectivity index (χ1v) is 15.8. The summed E-state index contributed by atoms with van der Waals surface area (Å²) in [5, 5.41) is 6.30. The van der Waals surface area contributed by atoms with Crippen LogP contribution in [0.1, 0.15) is 107 Å². The fourth-order valence-corrected chi connectivity index (χ4v) is 8.69. The van der Waals surface area contributed by atoms with Crippen LogP contribution in [0.4, 0.5) is 0 Å². The van der Waals surface area contributed by atoms with Gasteiger partial charge in [-0.3, -0.25) is 19.7 Å². The predicted molar refractivity (Wildman–Crippen MR) is 152 cm³/mol. The molecule has 3 amide bonds. The molecule has 5 rings (SSSR count). The minimum absolute atomic E-state index is 0.0929. The van der Waals surface area contributed by atoms with Crippen molar-refractivity contribution in [3.63, 3.8) is 0 Å². The number of amides is 3. The Morgan fingerprint density at radius 1 is 1.03 bits per heavy atom. The summed E-state index contributed by atoms with van der Waals surface area (Å²) in [5.74, 6) is 1.25. The van der Waals surface area contributed by atoms with E-state index in [9.17, 15) is 14.4 Å². The van der Waals surface area contributed by atoms with E-state index in [-0.39, 0.29) is 24.1 Å². The van der Waals surface area contributed by atoms with Crippen molar-refractivity contribution in [3.8, 4) is 0 Å². The third-order valence-corrected chi connectivity index (χ3v) is 11.7. The van der Waals surface area contributed by atoms with Crippen LogP contribution in [0.2, 0.25) is 0 Å². The minimum Gasteiger partial charge on any atom is -0.322 e. The molecule has 1 aromatic rings. The third-order valence-electron chi connectivity index (χ3n) is 10.6. The zero-order valence-electron chi connectivity index (χ0n) is 23.4. The highest BCUT2D eigenvalue weighted by Crippen LogP contribution is 2.65. The first-order chi connectivity index (χ1) is 18.2. The van der Waals surface area contributed by atoms with Gasteiger partial charge in [-0.15, -0.1) is 11.8 Å². The maximum absolute atomic E-state index is 13.0. The highest BCUT2D eigenvalue weighted by molar-refractivity contribution is 7.99. The van der Waals surface area contributed by atoms with Gasteiger partial charge in [0.1, 0.15) is 6.04 Å². The molecular weight excluding hydrogens is 494 g/mol. The number of hydrogen-bond donors (Lipinski definition) is 2. The van der Waals surface area contributed by atoms with E-state index in [1.165, 1.54) is 57.8 Å². The summed E-state index contributed by atoms with van der Waals surface area (Å²) in [6.45, 7) is 9.12. The molecule has 2 aliphatic heterocycles. The van der Waals surface area contributed by atoms with Crippen molar-refractivity contribution in [3.05, 3.63) is 29.3 Å². The second kappa shape index (κ2) is 11.3. The molecule has 0 spiro atoms. The summed E-state index contributed by atoms with van der Waals surface area (Å²) in [6.07, 6.45) is 12.5. The average molecular weight is 540 g/mol. The normalized spacial score (nSPS) is 29.7. The van der Waals surface area contributed by atoms with E-state index in [1.54, 1.807) is 4.90 Å². The SMILES string of the molecule is CC1(C)[C@H]2CC[C@]1(C)[C@H](NCCCCCCCCSc1cccc3c1CN(C1CCC(=O)NC1=O)C3=O)C2. The molecule has 4 atom stereocenters. The Balaban J connectivity index is 0.970. The number of nitrogens with zero attached hydrogens (tertiary/aromatic N) is 1. The van der Waals surface area contributed by atoms with Crippen LogP contribution in [0, 0.1) is 16.7 Å². The van der Waals surface area contributed by atoms with Crippen LogP contribution in [-0.2, 0) is 16.1 Å². The fraction of sp³-hybridized carbons (Fsp3) is 0.710. The molecule has 2 aliphatic carbocycles. The summed E-state index contributed by atoms with van der Waals surface area (Å²) < 4.78 is 0. The van der Waals surface area contributed by atoms with Crippen LogP contribution in [0.15, 0.2) is 23.1 Å². The summed E-state index contributed by atoms with van der Waals surface area (Å²) >= 11 is 1.83. The zero-order valence-corrected chi connectivity index (χ0v) is 24.3. The lowest BCUT2D eigenvalue weighted by Crippen LogP contribution is -2.52. The topological polar surface area (TPSA) is 78.5 Å². The van der Waals surface area contributed by atoms with Crippen LogP contribution in [-0.4, -0.2) is 47.0 Å². The van der Waals surface area contributed by atoms with E-state index < -0.39 is 6.04 Å². The maximum atomic E-state index is 13.0. The van der Waals surface area contributed by atoms with Gasteiger partial charge in [-0.05, 0) is 85.3 Å². The summed E-state index contributed by atoms with van der Waals surface area (Å²) in [7, 11) is 0. The highest BCUT2D eigenvalue weighted by atomic mass is 32.2. The van der Waals surface area contributed by atoms with Gasteiger partial charge in [-0.1, -0.05) is 52.5 Å². The number of rotatable bonds is 12. The second-order valence-corrected chi connectivity index (χ2v) is 13.9. The number of hydrogen-bond acceptors (Lipinski definition) is 5. The number of piperidine rings is 1. The Morgan fingerprint density at radius 3 is 2.50 bits per heavy atom. The molecule has 1 aromatic carbocycles. The standard InChI is InChI=1S/C31H45N3O3S/c1-30(2)21-15-16-31(30,3)26(19-21)32-17-8-6-4-5-7-9-18-38-25-12-10-11-22-23(25)20-34(29(22)37)24-13-14-27(35)33-28(24)36/h10-12,21,24,26,32H,4-9,13-20H2,1-3H3,(H,33,35,36)/t21-,24?,26+,31+/m0/s1. The number of benzene rings is 1. The molecule has 208 valence electrons. The Morgan fingerprint density at radius 2 is 1.79 bits per heavy atom. The van der Waals surface area contributed by atoms with Crippen molar-refractivity contribution in [1.82, 2.24) is 15.5 Å². The number of nitrogens with one attached hydrogen (secondary N) is 2. The van der Waals surface area contributed by atoms with Gasteiger partial charge in [0.2, 0.25) is 11.8 Å². The van der Waals surface area contributed by atoms with Gasteiger partial charge >= 0.3 is 0 Å². The smallest absolute Gasteiger partial charge is 0.255 e.